The van der Waals surface area contributed by atoms with Gasteiger partial charge in [-0.05, 0) is 18.6 Å². The Morgan fingerprint density at radius 2 is 2.42 bits per heavy atom. The smallest absolute Gasteiger partial charge is 0.352 e. The third-order valence-corrected chi connectivity index (χ3v) is 1.58. The van der Waals surface area contributed by atoms with Gasteiger partial charge >= 0.3 is 5.97 Å². The van der Waals surface area contributed by atoms with Crippen LogP contribution in [0.2, 0.25) is 0 Å². The van der Waals surface area contributed by atoms with Crippen LogP contribution in [-0.2, 0) is 6.54 Å². The van der Waals surface area contributed by atoms with Gasteiger partial charge in [0, 0.05) is 12.7 Å². The second-order valence-corrected chi connectivity index (χ2v) is 2.43. The van der Waals surface area contributed by atoms with Gasteiger partial charge in [-0.3, -0.25) is 4.39 Å². The number of carboxylic acid groups (broad SMARTS) is 1. The van der Waals surface area contributed by atoms with E-state index in [1.54, 1.807) is 12.3 Å². The highest BCUT2D eigenvalue weighted by Gasteiger charge is 2.07. The predicted octanol–water partition coefficient (Wildman–Crippen LogP) is 1.55. The molecule has 1 N–H and O–H groups in total. The van der Waals surface area contributed by atoms with E-state index >= 15 is 0 Å². The Labute approximate surface area is 69.4 Å². The Hall–Kier alpha value is -1.32. The van der Waals surface area contributed by atoms with Gasteiger partial charge in [-0.2, -0.15) is 0 Å². The van der Waals surface area contributed by atoms with Crippen molar-refractivity contribution in [3.63, 3.8) is 0 Å². The van der Waals surface area contributed by atoms with Crippen LogP contribution in [0.15, 0.2) is 18.3 Å². The molecule has 66 valence electrons. The lowest BCUT2D eigenvalue weighted by molar-refractivity contribution is 0.0684. The van der Waals surface area contributed by atoms with Crippen molar-refractivity contribution in [3.05, 3.63) is 24.0 Å². The number of aromatic nitrogens is 1. The molecule has 1 heterocycles. The Morgan fingerprint density at radius 1 is 1.67 bits per heavy atom. The van der Waals surface area contributed by atoms with E-state index < -0.39 is 12.6 Å². The molecule has 12 heavy (non-hydrogen) atoms. The van der Waals surface area contributed by atoms with Crippen LogP contribution in [0.3, 0.4) is 0 Å². The topological polar surface area (TPSA) is 42.2 Å². The third kappa shape index (κ3) is 1.84. The van der Waals surface area contributed by atoms with Gasteiger partial charge in [0.1, 0.15) is 5.69 Å². The van der Waals surface area contributed by atoms with Gasteiger partial charge in [-0.25, -0.2) is 4.79 Å². The van der Waals surface area contributed by atoms with E-state index in [0.29, 0.717) is 13.0 Å². The summed E-state index contributed by atoms with van der Waals surface area (Å²) >= 11 is 0. The van der Waals surface area contributed by atoms with Gasteiger partial charge in [0.15, 0.2) is 0 Å². The van der Waals surface area contributed by atoms with Gasteiger partial charge in [-0.1, -0.05) is 0 Å². The van der Waals surface area contributed by atoms with Crippen LogP contribution >= 0.6 is 0 Å². The normalized spacial score (nSPS) is 10.1. The van der Waals surface area contributed by atoms with Gasteiger partial charge in [0.05, 0.1) is 6.67 Å². The third-order valence-electron chi connectivity index (χ3n) is 1.58. The Bertz CT molecular complexity index is 270. The SMILES string of the molecule is O=C(O)c1cccn1CCCF. The molecule has 0 radical (unpaired) electrons. The molecule has 0 aliphatic rings. The molecule has 1 aromatic rings. The van der Waals surface area contributed by atoms with E-state index in [-0.39, 0.29) is 5.69 Å². The summed E-state index contributed by atoms with van der Waals surface area (Å²) in [5.41, 5.74) is 0.212. The standard InChI is InChI=1S/C8H10FNO2/c9-4-2-6-10-5-1-3-7(10)8(11)12/h1,3,5H,2,4,6H2,(H,11,12). The first-order chi connectivity index (χ1) is 5.75. The second kappa shape index (κ2) is 3.90. The fraction of sp³-hybridized carbons (Fsp3) is 0.375. The lowest BCUT2D eigenvalue weighted by atomic mass is 10.4. The fourth-order valence-electron chi connectivity index (χ4n) is 1.03. The maximum Gasteiger partial charge on any atom is 0.352 e. The summed E-state index contributed by atoms with van der Waals surface area (Å²) in [6.45, 7) is 0.00235. The molecule has 0 saturated heterocycles. The lowest BCUT2D eigenvalue weighted by Crippen LogP contribution is -2.07. The number of carbonyl (C=O) groups is 1. The number of hydrogen-bond acceptors (Lipinski definition) is 1. The molecule has 1 aromatic heterocycles. The second-order valence-electron chi connectivity index (χ2n) is 2.43. The summed E-state index contributed by atoms with van der Waals surface area (Å²) in [7, 11) is 0. The van der Waals surface area contributed by atoms with Crippen molar-refractivity contribution in [1.82, 2.24) is 4.57 Å². The van der Waals surface area contributed by atoms with Gasteiger partial charge in [0.25, 0.3) is 0 Å². The van der Waals surface area contributed by atoms with Gasteiger partial charge in [-0.15, -0.1) is 0 Å². The Kier molecular flexibility index (Phi) is 2.85. The van der Waals surface area contributed by atoms with E-state index in [0.717, 1.165) is 0 Å². The quantitative estimate of drug-likeness (QED) is 0.746. The zero-order valence-corrected chi connectivity index (χ0v) is 6.53. The summed E-state index contributed by atoms with van der Waals surface area (Å²) in [6.07, 6.45) is 1.99. The number of nitrogens with zero attached hydrogens (tertiary/aromatic N) is 1. The molecular weight excluding hydrogens is 161 g/mol. The number of rotatable bonds is 4. The first-order valence-electron chi connectivity index (χ1n) is 3.70. The molecule has 0 spiro atoms. The van der Waals surface area contributed by atoms with Crippen molar-refractivity contribution in [2.75, 3.05) is 6.67 Å². The molecule has 0 aliphatic carbocycles. The van der Waals surface area contributed by atoms with E-state index in [1.807, 2.05) is 0 Å². The van der Waals surface area contributed by atoms with Crippen molar-refractivity contribution in [2.45, 2.75) is 13.0 Å². The number of halogens is 1. The van der Waals surface area contributed by atoms with Crippen LogP contribution in [0.4, 0.5) is 4.39 Å². The molecule has 4 heteroatoms. The van der Waals surface area contributed by atoms with Crippen molar-refractivity contribution >= 4 is 5.97 Å². The summed E-state index contributed by atoms with van der Waals surface area (Å²) in [5.74, 6) is -0.973. The zero-order chi connectivity index (χ0) is 8.97. The van der Waals surface area contributed by atoms with Gasteiger partial charge in [0.2, 0.25) is 0 Å². The van der Waals surface area contributed by atoms with Crippen LogP contribution in [-0.4, -0.2) is 22.3 Å². The molecular formula is C8H10FNO2. The fourth-order valence-corrected chi connectivity index (χ4v) is 1.03. The van der Waals surface area contributed by atoms with Crippen LogP contribution in [0.5, 0.6) is 0 Å². The maximum atomic E-state index is 11.8. The minimum absolute atomic E-state index is 0.212. The number of hydrogen-bond donors (Lipinski definition) is 1. The molecule has 0 saturated carbocycles. The molecule has 3 nitrogen and oxygen atoms in total. The van der Waals surface area contributed by atoms with E-state index in [4.69, 9.17) is 5.11 Å². The number of aromatic carboxylic acids is 1. The van der Waals surface area contributed by atoms with Crippen molar-refractivity contribution in [2.24, 2.45) is 0 Å². The minimum atomic E-state index is -0.973. The first kappa shape index (κ1) is 8.77. The molecule has 0 atom stereocenters. The van der Waals surface area contributed by atoms with Crippen LogP contribution in [0.1, 0.15) is 16.9 Å². The monoisotopic (exact) mass is 171 g/mol. The Morgan fingerprint density at radius 3 is 3.00 bits per heavy atom. The summed E-state index contributed by atoms with van der Waals surface area (Å²) in [5, 5.41) is 8.64. The summed E-state index contributed by atoms with van der Waals surface area (Å²) in [4.78, 5) is 10.5. The average Bonchev–Trinajstić information content (AvgIpc) is 2.48. The van der Waals surface area contributed by atoms with Crippen molar-refractivity contribution in [1.29, 1.82) is 0 Å². The maximum absolute atomic E-state index is 11.8. The number of alkyl halides is 1. The number of carboxylic acids is 1. The van der Waals surface area contributed by atoms with Crippen LogP contribution in [0.25, 0.3) is 0 Å². The summed E-state index contributed by atoms with van der Waals surface area (Å²) < 4.78 is 13.3. The molecule has 0 bridgehead atoms. The Balaban J connectivity index is 2.70. The van der Waals surface area contributed by atoms with Crippen LogP contribution < -0.4 is 0 Å². The van der Waals surface area contributed by atoms with E-state index in [9.17, 15) is 9.18 Å². The molecule has 0 unspecified atom stereocenters. The van der Waals surface area contributed by atoms with Crippen molar-refractivity contribution < 1.29 is 14.3 Å². The minimum Gasteiger partial charge on any atom is -0.477 e. The van der Waals surface area contributed by atoms with Crippen molar-refractivity contribution in [3.8, 4) is 0 Å². The molecule has 0 aromatic carbocycles. The van der Waals surface area contributed by atoms with E-state index in [1.165, 1.54) is 10.6 Å². The molecule has 0 aliphatic heterocycles. The highest BCUT2D eigenvalue weighted by Crippen LogP contribution is 2.03. The number of aryl methyl sites for hydroxylation is 1. The van der Waals surface area contributed by atoms with Crippen LogP contribution in [0, 0.1) is 0 Å². The summed E-state index contributed by atoms with van der Waals surface area (Å²) in [6, 6.07) is 3.14. The average molecular weight is 171 g/mol. The first-order valence-corrected chi connectivity index (χ1v) is 3.70. The highest BCUT2D eigenvalue weighted by atomic mass is 19.1. The van der Waals surface area contributed by atoms with E-state index in [2.05, 4.69) is 0 Å². The zero-order valence-electron chi connectivity index (χ0n) is 6.53. The molecule has 0 amide bonds. The molecule has 0 fully saturated rings. The van der Waals surface area contributed by atoms with Gasteiger partial charge < -0.3 is 9.67 Å². The highest BCUT2D eigenvalue weighted by molar-refractivity contribution is 5.85. The predicted molar refractivity (Wildman–Crippen MR) is 42.0 cm³/mol. The lowest BCUT2D eigenvalue weighted by Gasteiger charge is -2.02. The largest absolute Gasteiger partial charge is 0.477 e. The molecule has 1 rings (SSSR count).